The van der Waals surface area contributed by atoms with E-state index in [0.29, 0.717) is 41.0 Å². The van der Waals surface area contributed by atoms with Crippen LogP contribution >= 0.6 is 11.6 Å². The third-order valence-corrected chi connectivity index (χ3v) is 4.62. The molecule has 1 unspecified atom stereocenters. The van der Waals surface area contributed by atoms with Crippen LogP contribution in [0.3, 0.4) is 0 Å². The summed E-state index contributed by atoms with van der Waals surface area (Å²) in [5, 5.41) is 3.11. The van der Waals surface area contributed by atoms with Crippen LogP contribution in [0.5, 0.6) is 11.5 Å². The number of hydrogen-bond donors (Lipinski definition) is 1. The Labute approximate surface area is 162 Å². The van der Waals surface area contributed by atoms with Crippen molar-refractivity contribution in [1.82, 2.24) is 0 Å². The normalized spacial score (nSPS) is 13.6. The van der Waals surface area contributed by atoms with Gasteiger partial charge in [-0.25, -0.2) is 4.79 Å². The van der Waals surface area contributed by atoms with Crippen LogP contribution in [0.15, 0.2) is 36.4 Å². The van der Waals surface area contributed by atoms with Gasteiger partial charge in [0.25, 0.3) is 0 Å². The van der Waals surface area contributed by atoms with E-state index >= 15 is 0 Å². The highest BCUT2D eigenvalue weighted by Crippen LogP contribution is 2.34. The molecule has 1 aliphatic heterocycles. The SMILES string of the molecule is COC(=O)c1ccc(Cl)c(NC(=O)CC(C)c2ccc3c(c2)OCCO3)c1. The van der Waals surface area contributed by atoms with Gasteiger partial charge in [0, 0.05) is 6.42 Å². The van der Waals surface area contributed by atoms with E-state index < -0.39 is 5.97 Å². The van der Waals surface area contributed by atoms with Gasteiger partial charge in [-0.1, -0.05) is 24.6 Å². The van der Waals surface area contributed by atoms with Crippen molar-refractivity contribution in [2.75, 3.05) is 25.6 Å². The van der Waals surface area contributed by atoms with Gasteiger partial charge >= 0.3 is 5.97 Å². The number of nitrogens with one attached hydrogen (secondary N) is 1. The number of esters is 1. The molecule has 2 aromatic carbocycles. The van der Waals surface area contributed by atoms with Crippen molar-refractivity contribution in [3.8, 4) is 11.5 Å². The Bertz CT molecular complexity index is 867. The molecule has 1 N–H and O–H groups in total. The van der Waals surface area contributed by atoms with E-state index in [2.05, 4.69) is 10.1 Å². The zero-order chi connectivity index (χ0) is 19.4. The molecule has 1 heterocycles. The fraction of sp³-hybridized carbons (Fsp3) is 0.300. The predicted octanol–water partition coefficient (Wildman–Crippen LogP) is 4.03. The average molecular weight is 390 g/mol. The number of methoxy groups -OCH3 is 1. The lowest BCUT2D eigenvalue weighted by atomic mass is 9.97. The van der Waals surface area contributed by atoms with Crippen LogP contribution in [-0.2, 0) is 9.53 Å². The van der Waals surface area contributed by atoms with Crippen LogP contribution in [0.4, 0.5) is 5.69 Å². The Morgan fingerprint density at radius 3 is 2.63 bits per heavy atom. The highest BCUT2D eigenvalue weighted by atomic mass is 35.5. The van der Waals surface area contributed by atoms with E-state index in [9.17, 15) is 9.59 Å². The van der Waals surface area contributed by atoms with Crippen LogP contribution in [0.1, 0.15) is 35.2 Å². The molecule has 1 amide bonds. The first-order valence-electron chi connectivity index (χ1n) is 8.55. The summed E-state index contributed by atoms with van der Waals surface area (Å²) in [5.41, 5.74) is 1.67. The standard InChI is InChI=1S/C20H20ClNO5/c1-12(13-4-6-17-18(11-13)27-8-7-26-17)9-19(23)22-16-10-14(20(24)25-2)3-5-15(16)21/h3-6,10-12H,7-9H2,1-2H3,(H,22,23). The monoisotopic (exact) mass is 389 g/mol. The quantitative estimate of drug-likeness (QED) is 0.781. The first-order valence-corrected chi connectivity index (χ1v) is 8.93. The largest absolute Gasteiger partial charge is 0.486 e. The van der Waals surface area contributed by atoms with E-state index in [1.165, 1.54) is 13.2 Å². The molecule has 1 atom stereocenters. The molecule has 6 nitrogen and oxygen atoms in total. The zero-order valence-corrected chi connectivity index (χ0v) is 15.8. The maximum Gasteiger partial charge on any atom is 0.337 e. The fourth-order valence-electron chi connectivity index (χ4n) is 2.83. The predicted molar refractivity (Wildman–Crippen MR) is 102 cm³/mol. The first kappa shape index (κ1) is 19.0. The molecule has 3 rings (SSSR count). The second-order valence-corrected chi connectivity index (χ2v) is 6.65. The summed E-state index contributed by atoms with van der Waals surface area (Å²) >= 11 is 6.12. The minimum absolute atomic E-state index is 0.0385. The van der Waals surface area contributed by atoms with Gasteiger partial charge in [-0.3, -0.25) is 4.79 Å². The van der Waals surface area contributed by atoms with Crippen molar-refractivity contribution >= 4 is 29.2 Å². The number of halogens is 1. The van der Waals surface area contributed by atoms with Crippen LogP contribution in [-0.4, -0.2) is 32.2 Å². The van der Waals surface area contributed by atoms with Crippen LogP contribution in [0, 0.1) is 0 Å². The van der Waals surface area contributed by atoms with Crippen molar-refractivity contribution < 1.29 is 23.8 Å². The first-order chi connectivity index (χ1) is 13.0. The number of amides is 1. The van der Waals surface area contributed by atoms with E-state index in [0.717, 1.165) is 5.56 Å². The molecule has 2 aromatic rings. The molecular formula is C20H20ClNO5. The van der Waals surface area contributed by atoms with Crippen molar-refractivity contribution in [2.24, 2.45) is 0 Å². The molecule has 0 spiro atoms. The molecule has 0 radical (unpaired) electrons. The van der Waals surface area contributed by atoms with Crippen LogP contribution < -0.4 is 14.8 Å². The van der Waals surface area contributed by atoms with Gasteiger partial charge in [0.1, 0.15) is 13.2 Å². The Balaban J connectivity index is 1.68. The second kappa shape index (κ2) is 8.31. The van der Waals surface area contributed by atoms with Gasteiger partial charge in [-0.2, -0.15) is 0 Å². The summed E-state index contributed by atoms with van der Waals surface area (Å²) in [6, 6.07) is 10.3. The van der Waals surface area contributed by atoms with Crippen molar-refractivity contribution in [3.05, 3.63) is 52.5 Å². The molecule has 0 aromatic heterocycles. The smallest absolute Gasteiger partial charge is 0.337 e. The third-order valence-electron chi connectivity index (χ3n) is 4.29. The Morgan fingerprint density at radius 1 is 1.15 bits per heavy atom. The number of carbonyl (C=O) groups excluding carboxylic acids is 2. The molecule has 0 bridgehead atoms. The summed E-state index contributed by atoms with van der Waals surface area (Å²) in [7, 11) is 1.30. The third kappa shape index (κ3) is 4.52. The summed E-state index contributed by atoms with van der Waals surface area (Å²) < 4.78 is 15.8. The van der Waals surface area contributed by atoms with E-state index in [1.54, 1.807) is 12.1 Å². The van der Waals surface area contributed by atoms with E-state index in [4.69, 9.17) is 21.1 Å². The van der Waals surface area contributed by atoms with Gasteiger partial charge in [-0.15, -0.1) is 0 Å². The molecule has 7 heteroatoms. The molecule has 0 fully saturated rings. The summed E-state index contributed by atoms with van der Waals surface area (Å²) in [6.07, 6.45) is 0.248. The minimum Gasteiger partial charge on any atom is -0.486 e. The lowest BCUT2D eigenvalue weighted by molar-refractivity contribution is -0.116. The number of hydrogen-bond acceptors (Lipinski definition) is 5. The average Bonchev–Trinajstić information content (AvgIpc) is 2.68. The van der Waals surface area contributed by atoms with Gasteiger partial charge < -0.3 is 19.5 Å². The Morgan fingerprint density at radius 2 is 1.89 bits per heavy atom. The number of anilines is 1. The molecular weight excluding hydrogens is 370 g/mol. The van der Waals surface area contributed by atoms with Crippen molar-refractivity contribution in [3.63, 3.8) is 0 Å². The molecule has 0 aliphatic carbocycles. The van der Waals surface area contributed by atoms with Crippen LogP contribution in [0.2, 0.25) is 5.02 Å². The maximum absolute atomic E-state index is 12.4. The van der Waals surface area contributed by atoms with Crippen LogP contribution in [0.25, 0.3) is 0 Å². The molecule has 27 heavy (non-hydrogen) atoms. The zero-order valence-electron chi connectivity index (χ0n) is 15.1. The van der Waals surface area contributed by atoms with Crippen molar-refractivity contribution in [1.29, 1.82) is 0 Å². The Hall–Kier alpha value is -2.73. The van der Waals surface area contributed by atoms with Gasteiger partial charge in [0.05, 0.1) is 23.4 Å². The number of ether oxygens (including phenoxy) is 3. The molecule has 0 saturated heterocycles. The lowest BCUT2D eigenvalue weighted by Crippen LogP contribution is -2.17. The molecule has 142 valence electrons. The summed E-state index contributed by atoms with van der Waals surface area (Å²) in [4.78, 5) is 24.1. The van der Waals surface area contributed by atoms with Gasteiger partial charge in [0.15, 0.2) is 11.5 Å². The minimum atomic E-state index is -0.494. The van der Waals surface area contributed by atoms with Crippen molar-refractivity contribution in [2.45, 2.75) is 19.3 Å². The van der Waals surface area contributed by atoms with Gasteiger partial charge in [0.2, 0.25) is 5.91 Å². The number of benzene rings is 2. The maximum atomic E-state index is 12.4. The fourth-order valence-corrected chi connectivity index (χ4v) is 2.99. The van der Waals surface area contributed by atoms with Gasteiger partial charge in [-0.05, 0) is 41.8 Å². The van der Waals surface area contributed by atoms with E-state index in [1.807, 2.05) is 25.1 Å². The molecule has 1 aliphatic rings. The highest BCUT2D eigenvalue weighted by Gasteiger charge is 2.18. The lowest BCUT2D eigenvalue weighted by Gasteiger charge is -2.20. The topological polar surface area (TPSA) is 73.9 Å². The highest BCUT2D eigenvalue weighted by molar-refractivity contribution is 6.33. The Kier molecular flexibility index (Phi) is 5.86. The number of carbonyl (C=O) groups is 2. The molecule has 0 saturated carbocycles. The van der Waals surface area contributed by atoms with E-state index in [-0.39, 0.29) is 18.2 Å². The number of rotatable bonds is 5. The number of fused-ring (bicyclic) bond motifs is 1. The summed E-state index contributed by atoms with van der Waals surface area (Å²) in [5.74, 6) is 0.671. The second-order valence-electron chi connectivity index (χ2n) is 6.24. The summed E-state index contributed by atoms with van der Waals surface area (Å²) in [6.45, 7) is 3.01.